The fraction of sp³-hybridized carbons (Fsp3) is 0.200. The minimum Gasteiger partial charge on any atom is -0.0616 e. The van der Waals surface area contributed by atoms with Crippen LogP contribution in [0.15, 0.2) is 84.9 Å². The normalized spacial score (nSPS) is 12.5. The average Bonchev–Trinajstić information content (AvgIpc) is 2.67. The summed E-state index contributed by atoms with van der Waals surface area (Å²) in [5.41, 5.74) is 2.96. The molecule has 0 fully saturated rings. The van der Waals surface area contributed by atoms with Gasteiger partial charge in [-0.15, -0.1) is 0 Å². The van der Waals surface area contributed by atoms with Crippen molar-refractivity contribution in [1.29, 1.82) is 0 Å². The van der Waals surface area contributed by atoms with Crippen LogP contribution in [0.1, 0.15) is 36.8 Å². The highest BCUT2D eigenvalue weighted by atomic mass is 14.1. The van der Waals surface area contributed by atoms with Gasteiger partial charge in [0.25, 0.3) is 0 Å². The molecule has 4 aromatic rings. The van der Waals surface area contributed by atoms with Gasteiger partial charge >= 0.3 is 0 Å². The molecule has 4 rings (SSSR count). The molecule has 0 aromatic heterocycles. The number of benzene rings is 4. The molecule has 0 N–H and O–H groups in total. The minimum absolute atomic E-state index is 0.584. The van der Waals surface area contributed by atoms with Gasteiger partial charge < -0.3 is 0 Å². The maximum atomic E-state index is 2.37. The number of rotatable bonds is 5. The average molecular weight is 324 g/mol. The van der Waals surface area contributed by atoms with Gasteiger partial charge in [-0.05, 0) is 57.9 Å². The number of hydrogen-bond donors (Lipinski definition) is 0. The Kier molecular flexibility index (Phi) is 4.52. The molecular formula is C25H24. The summed E-state index contributed by atoms with van der Waals surface area (Å²) in [6, 6.07) is 30.8. The Balaban J connectivity index is 1.49. The predicted octanol–water partition coefficient (Wildman–Crippen LogP) is 7.12. The summed E-state index contributed by atoms with van der Waals surface area (Å²) < 4.78 is 0. The Bertz CT molecular complexity index is 986. The van der Waals surface area contributed by atoms with Gasteiger partial charge in [0.15, 0.2) is 0 Å². The fourth-order valence-corrected chi connectivity index (χ4v) is 3.94. The molecule has 0 heteroatoms. The first-order valence-corrected chi connectivity index (χ1v) is 9.27. The molecule has 0 aliphatic carbocycles. The topological polar surface area (TPSA) is 0 Å². The van der Waals surface area contributed by atoms with E-state index in [1.165, 1.54) is 45.5 Å². The molecule has 0 bridgehead atoms. The summed E-state index contributed by atoms with van der Waals surface area (Å²) in [5.74, 6) is 0.584. The molecule has 1 unspecified atom stereocenters. The molecular weight excluding hydrogens is 300 g/mol. The molecule has 0 radical (unpaired) electrons. The van der Waals surface area contributed by atoms with Crippen molar-refractivity contribution in [2.45, 2.75) is 32.1 Å². The second-order valence-corrected chi connectivity index (χ2v) is 7.00. The van der Waals surface area contributed by atoms with Crippen LogP contribution >= 0.6 is 0 Å². The fourth-order valence-electron chi connectivity index (χ4n) is 3.94. The molecule has 0 amide bonds. The lowest BCUT2D eigenvalue weighted by Crippen LogP contribution is -1.97. The van der Waals surface area contributed by atoms with Gasteiger partial charge in [-0.25, -0.2) is 0 Å². The first kappa shape index (κ1) is 15.9. The first-order chi connectivity index (χ1) is 12.3. The third-order valence-electron chi connectivity index (χ3n) is 5.32. The molecule has 1 atom stereocenters. The van der Waals surface area contributed by atoms with Crippen LogP contribution in [0, 0.1) is 0 Å². The van der Waals surface area contributed by atoms with E-state index in [9.17, 15) is 0 Å². The van der Waals surface area contributed by atoms with E-state index >= 15 is 0 Å². The van der Waals surface area contributed by atoms with Crippen molar-refractivity contribution >= 4 is 21.5 Å². The van der Waals surface area contributed by atoms with Crippen LogP contribution < -0.4 is 0 Å². The van der Waals surface area contributed by atoms with Crippen molar-refractivity contribution in [3.63, 3.8) is 0 Å². The van der Waals surface area contributed by atoms with Crippen LogP contribution in [0.25, 0.3) is 21.5 Å². The van der Waals surface area contributed by atoms with Crippen LogP contribution in [-0.2, 0) is 6.42 Å². The Morgan fingerprint density at radius 3 is 2.04 bits per heavy atom. The second-order valence-electron chi connectivity index (χ2n) is 7.00. The Morgan fingerprint density at radius 1 is 0.640 bits per heavy atom. The quantitative estimate of drug-likeness (QED) is 0.366. The van der Waals surface area contributed by atoms with E-state index in [1.807, 2.05) is 0 Å². The van der Waals surface area contributed by atoms with E-state index in [-0.39, 0.29) is 0 Å². The first-order valence-electron chi connectivity index (χ1n) is 9.27. The zero-order valence-electron chi connectivity index (χ0n) is 14.8. The maximum absolute atomic E-state index is 2.37. The van der Waals surface area contributed by atoms with Crippen molar-refractivity contribution in [3.05, 3.63) is 96.1 Å². The predicted molar refractivity (Wildman–Crippen MR) is 109 cm³/mol. The second kappa shape index (κ2) is 7.11. The number of aryl methyl sites for hydroxylation is 1. The summed E-state index contributed by atoms with van der Waals surface area (Å²) in [5, 5.41) is 5.51. The van der Waals surface area contributed by atoms with Gasteiger partial charge in [-0.1, -0.05) is 91.9 Å². The van der Waals surface area contributed by atoms with E-state index in [2.05, 4.69) is 91.9 Å². The molecule has 0 saturated heterocycles. The standard InChI is InChI=1S/C25H24/c1-19(23-18-8-15-22-11-3-5-17-25(22)23)9-6-12-21-14-7-13-20-10-2-4-16-24(20)21/h2-5,7-8,10-11,13-19H,6,9,12H2,1H3. The Hall–Kier alpha value is -2.60. The van der Waals surface area contributed by atoms with Crippen LogP contribution in [0.3, 0.4) is 0 Å². The van der Waals surface area contributed by atoms with Crippen molar-refractivity contribution in [2.24, 2.45) is 0 Å². The van der Waals surface area contributed by atoms with E-state index in [1.54, 1.807) is 0 Å². The van der Waals surface area contributed by atoms with Crippen LogP contribution in [0.4, 0.5) is 0 Å². The summed E-state index contributed by atoms with van der Waals surface area (Å²) in [4.78, 5) is 0. The van der Waals surface area contributed by atoms with E-state index in [0.29, 0.717) is 5.92 Å². The van der Waals surface area contributed by atoms with Crippen molar-refractivity contribution < 1.29 is 0 Å². The van der Waals surface area contributed by atoms with Crippen molar-refractivity contribution in [1.82, 2.24) is 0 Å². The van der Waals surface area contributed by atoms with Crippen LogP contribution in [0.2, 0.25) is 0 Å². The van der Waals surface area contributed by atoms with E-state index < -0.39 is 0 Å². The third kappa shape index (κ3) is 3.30. The van der Waals surface area contributed by atoms with Crippen LogP contribution in [-0.4, -0.2) is 0 Å². The highest BCUT2D eigenvalue weighted by Gasteiger charge is 2.09. The maximum Gasteiger partial charge on any atom is -0.0149 e. The van der Waals surface area contributed by atoms with E-state index in [4.69, 9.17) is 0 Å². The number of fused-ring (bicyclic) bond motifs is 2. The zero-order valence-corrected chi connectivity index (χ0v) is 14.8. The van der Waals surface area contributed by atoms with Crippen molar-refractivity contribution in [3.8, 4) is 0 Å². The number of hydrogen-bond acceptors (Lipinski definition) is 0. The van der Waals surface area contributed by atoms with Crippen LogP contribution in [0.5, 0.6) is 0 Å². The largest absolute Gasteiger partial charge is 0.0616 e. The lowest BCUT2D eigenvalue weighted by Gasteiger charge is -2.15. The van der Waals surface area contributed by atoms with Gasteiger partial charge in [0, 0.05) is 0 Å². The minimum atomic E-state index is 0.584. The lowest BCUT2D eigenvalue weighted by atomic mass is 9.90. The molecule has 0 aliphatic heterocycles. The lowest BCUT2D eigenvalue weighted by molar-refractivity contribution is 0.638. The van der Waals surface area contributed by atoms with Gasteiger partial charge in [0.2, 0.25) is 0 Å². The van der Waals surface area contributed by atoms with Gasteiger partial charge in [-0.3, -0.25) is 0 Å². The molecule has 4 aromatic carbocycles. The summed E-state index contributed by atoms with van der Waals surface area (Å²) in [7, 11) is 0. The van der Waals surface area contributed by atoms with Gasteiger partial charge in [0.1, 0.15) is 0 Å². The molecule has 0 spiro atoms. The molecule has 124 valence electrons. The molecule has 0 heterocycles. The SMILES string of the molecule is CC(CCCc1cccc2ccccc12)c1cccc2ccccc12. The highest BCUT2D eigenvalue weighted by Crippen LogP contribution is 2.29. The van der Waals surface area contributed by atoms with Gasteiger partial charge in [0.05, 0.1) is 0 Å². The Labute approximate surface area is 150 Å². The smallest absolute Gasteiger partial charge is 0.0149 e. The zero-order chi connectivity index (χ0) is 17.1. The third-order valence-corrected chi connectivity index (χ3v) is 5.32. The summed E-state index contributed by atoms with van der Waals surface area (Å²) in [6.07, 6.45) is 3.59. The molecule has 0 nitrogen and oxygen atoms in total. The monoisotopic (exact) mass is 324 g/mol. The summed E-state index contributed by atoms with van der Waals surface area (Å²) >= 11 is 0. The summed E-state index contributed by atoms with van der Waals surface area (Å²) in [6.45, 7) is 2.37. The highest BCUT2D eigenvalue weighted by molar-refractivity contribution is 5.86. The molecule has 0 aliphatic rings. The van der Waals surface area contributed by atoms with Gasteiger partial charge in [-0.2, -0.15) is 0 Å². The molecule has 0 saturated carbocycles. The van der Waals surface area contributed by atoms with Crippen molar-refractivity contribution in [2.75, 3.05) is 0 Å². The Morgan fingerprint density at radius 2 is 1.24 bits per heavy atom. The molecule has 25 heavy (non-hydrogen) atoms. The van der Waals surface area contributed by atoms with E-state index in [0.717, 1.165) is 6.42 Å².